The predicted molar refractivity (Wildman–Crippen MR) is 62.5 cm³/mol. The molecule has 1 aromatic heterocycles. The number of rotatable bonds is 7. The molecule has 0 bridgehead atoms. The van der Waals surface area contributed by atoms with Crippen molar-refractivity contribution in [3.05, 3.63) is 10.0 Å². The third-order valence-electron chi connectivity index (χ3n) is 1.90. The Morgan fingerprint density at radius 2 is 1.94 bits per heavy atom. The van der Waals surface area contributed by atoms with Crippen LogP contribution < -0.4 is 5.32 Å². The molecule has 0 unspecified atom stereocenters. The van der Waals surface area contributed by atoms with E-state index < -0.39 is 12.8 Å². The topological polar surface area (TPSA) is 47.0 Å². The summed E-state index contributed by atoms with van der Waals surface area (Å²) in [6, 6.07) is 0.354. The molecular weight excluding hydrogens is 267 g/mol. The van der Waals surface area contributed by atoms with E-state index in [-0.39, 0.29) is 6.61 Å². The Bertz CT molecular complexity index is 354. The SMILES string of the molecule is CC(C)NCc1nnc(CCOCC(F)(F)F)s1. The maximum Gasteiger partial charge on any atom is 0.411 e. The van der Waals surface area contributed by atoms with Gasteiger partial charge in [0.25, 0.3) is 0 Å². The van der Waals surface area contributed by atoms with Gasteiger partial charge in [0.15, 0.2) is 0 Å². The minimum atomic E-state index is -4.27. The predicted octanol–water partition coefficient (Wildman–Crippen LogP) is 2.16. The fourth-order valence-corrected chi connectivity index (χ4v) is 1.88. The van der Waals surface area contributed by atoms with Gasteiger partial charge in [-0.15, -0.1) is 21.5 Å². The molecule has 1 N–H and O–H groups in total. The van der Waals surface area contributed by atoms with E-state index in [1.54, 1.807) is 0 Å². The van der Waals surface area contributed by atoms with Crippen molar-refractivity contribution in [2.75, 3.05) is 13.2 Å². The Morgan fingerprint density at radius 1 is 1.28 bits per heavy atom. The Balaban J connectivity index is 2.23. The van der Waals surface area contributed by atoms with Crippen LogP contribution in [0.3, 0.4) is 0 Å². The second kappa shape index (κ2) is 7.01. The average molecular weight is 283 g/mol. The summed E-state index contributed by atoms with van der Waals surface area (Å²) in [5.41, 5.74) is 0. The highest BCUT2D eigenvalue weighted by molar-refractivity contribution is 7.11. The number of alkyl halides is 3. The number of nitrogens with zero attached hydrogens (tertiary/aromatic N) is 2. The van der Waals surface area contributed by atoms with E-state index in [9.17, 15) is 13.2 Å². The lowest BCUT2D eigenvalue weighted by Crippen LogP contribution is -2.21. The smallest absolute Gasteiger partial charge is 0.372 e. The van der Waals surface area contributed by atoms with Crippen LogP contribution >= 0.6 is 11.3 Å². The van der Waals surface area contributed by atoms with E-state index >= 15 is 0 Å². The molecule has 104 valence electrons. The number of hydrogen-bond acceptors (Lipinski definition) is 5. The minimum Gasteiger partial charge on any atom is -0.372 e. The molecule has 0 spiro atoms. The van der Waals surface area contributed by atoms with Gasteiger partial charge in [0.05, 0.1) is 6.61 Å². The summed E-state index contributed by atoms with van der Waals surface area (Å²) in [6.07, 6.45) is -3.91. The lowest BCUT2D eigenvalue weighted by atomic mass is 10.4. The van der Waals surface area contributed by atoms with Gasteiger partial charge in [-0.25, -0.2) is 0 Å². The van der Waals surface area contributed by atoms with Crippen molar-refractivity contribution in [1.29, 1.82) is 0 Å². The third-order valence-corrected chi connectivity index (χ3v) is 2.88. The van der Waals surface area contributed by atoms with Gasteiger partial charge in [0.2, 0.25) is 0 Å². The second-order valence-corrected chi connectivity index (χ2v) is 5.19. The van der Waals surface area contributed by atoms with Gasteiger partial charge in [0.1, 0.15) is 16.6 Å². The highest BCUT2D eigenvalue weighted by Crippen LogP contribution is 2.15. The first-order valence-electron chi connectivity index (χ1n) is 5.56. The van der Waals surface area contributed by atoms with Gasteiger partial charge in [-0.1, -0.05) is 13.8 Å². The molecule has 8 heteroatoms. The zero-order valence-corrected chi connectivity index (χ0v) is 11.1. The fourth-order valence-electron chi connectivity index (χ4n) is 1.10. The maximum atomic E-state index is 11.8. The zero-order chi connectivity index (χ0) is 13.6. The van der Waals surface area contributed by atoms with Crippen molar-refractivity contribution >= 4 is 11.3 Å². The van der Waals surface area contributed by atoms with Crippen LogP contribution in [0.2, 0.25) is 0 Å². The van der Waals surface area contributed by atoms with Crippen LogP contribution in [0, 0.1) is 0 Å². The monoisotopic (exact) mass is 283 g/mol. The number of ether oxygens (including phenoxy) is 1. The largest absolute Gasteiger partial charge is 0.411 e. The summed E-state index contributed by atoms with van der Waals surface area (Å²) in [4.78, 5) is 0. The van der Waals surface area contributed by atoms with Crippen molar-refractivity contribution in [3.8, 4) is 0 Å². The van der Waals surface area contributed by atoms with Gasteiger partial charge in [-0.2, -0.15) is 13.2 Å². The zero-order valence-electron chi connectivity index (χ0n) is 10.3. The van der Waals surface area contributed by atoms with E-state index in [1.165, 1.54) is 11.3 Å². The Kier molecular flexibility index (Phi) is 5.97. The number of nitrogens with one attached hydrogen (secondary N) is 1. The molecule has 0 saturated heterocycles. The van der Waals surface area contributed by atoms with Gasteiger partial charge in [-0.05, 0) is 0 Å². The first-order chi connectivity index (χ1) is 8.37. The normalized spacial score (nSPS) is 12.3. The molecule has 1 heterocycles. The molecule has 0 aliphatic rings. The lowest BCUT2D eigenvalue weighted by molar-refractivity contribution is -0.173. The molecule has 0 saturated carbocycles. The van der Waals surface area contributed by atoms with E-state index in [0.29, 0.717) is 24.0 Å². The molecule has 18 heavy (non-hydrogen) atoms. The minimum absolute atomic E-state index is 0.00571. The van der Waals surface area contributed by atoms with Crippen molar-refractivity contribution in [2.24, 2.45) is 0 Å². The lowest BCUT2D eigenvalue weighted by Gasteiger charge is -2.05. The van der Waals surface area contributed by atoms with Gasteiger partial charge in [0, 0.05) is 19.0 Å². The van der Waals surface area contributed by atoms with Crippen molar-refractivity contribution in [1.82, 2.24) is 15.5 Å². The standard InChI is InChI=1S/C10H16F3N3OS/c1-7(2)14-5-9-16-15-8(18-9)3-4-17-6-10(11,12)13/h7,14H,3-6H2,1-2H3. The molecule has 1 aromatic rings. The van der Waals surface area contributed by atoms with E-state index in [2.05, 4.69) is 20.3 Å². The van der Waals surface area contributed by atoms with E-state index in [4.69, 9.17) is 0 Å². The molecule has 4 nitrogen and oxygen atoms in total. The highest BCUT2D eigenvalue weighted by atomic mass is 32.1. The maximum absolute atomic E-state index is 11.8. The summed E-state index contributed by atoms with van der Waals surface area (Å²) in [5, 5.41) is 12.6. The molecule has 1 rings (SSSR count). The molecule has 0 radical (unpaired) electrons. The quantitative estimate of drug-likeness (QED) is 0.779. The van der Waals surface area contributed by atoms with Gasteiger partial charge in [-0.3, -0.25) is 0 Å². The average Bonchev–Trinajstić information content (AvgIpc) is 2.68. The summed E-state index contributed by atoms with van der Waals surface area (Å²) in [6.45, 7) is 3.46. The Morgan fingerprint density at radius 3 is 2.56 bits per heavy atom. The number of halogens is 3. The van der Waals surface area contributed by atoms with Crippen LogP contribution in [0.25, 0.3) is 0 Å². The van der Waals surface area contributed by atoms with Crippen molar-refractivity contribution in [2.45, 2.75) is 39.0 Å². The molecule has 0 aromatic carbocycles. The third kappa shape index (κ3) is 6.87. The molecule has 0 atom stereocenters. The fraction of sp³-hybridized carbons (Fsp3) is 0.800. The van der Waals surface area contributed by atoms with Crippen LogP contribution in [-0.2, 0) is 17.7 Å². The van der Waals surface area contributed by atoms with Gasteiger partial charge < -0.3 is 10.1 Å². The molecule has 0 aliphatic carbocycles. The van der Waals surface area contributed by atoms with Crippen LogP contribution in [-0.4, -0.2) is 35.6 Å². The van der Waals surface area contributed by atoms with Crippen molar-refractivity contribution in [3.63, 3.8) is 0 Å². The second-order valence-electron chi connectivity index (χ2n) is 4.04. The Hall–Kier alpha value is -0.730. The van der Waals surface area contributed by atoms with Crippen LogP contribution in [0.1, 0.15) is 23.9 Å². The van der Waals surface area contributed by atoms with Crippen molar-refractivity contribution < 1.29 is 17.9 Å². The molecular formula is C10H16F3N3OS. The molecule has 0 fully saturated rings. The van der Waals surface area contributed by atoms with Crippen LogP contribution in [0.4, 0.5) is 13.2 Å². The summed E-state index contributed by atoms with van der Waals surface area (Å²) in [5.74, 6) is 0. The number of hydrogen-bond donors (Lipinski definition) is 1. The Labute approximate surface area is 108 Å². The van der Waals surface area contributed by atoms with Gasteiger partial charge >= 0.3 is 6.18 Å². The van der Waals surface area contributed by atoms with E-state index in [0.717, 1.165) is 5.01 Å². The first kappa shape index (κ1) is 15.3. The summed E-state index contributed by atoms with van der Waals surface area (Å²) in [7, 11) is 0. The van der Waals surface area contributed by atoms with Crippen LogP contribution in [0.5, 0.6) is 0 Å². The molecule has 0 amide bonds. The summed E-state index contributed by atoms with van der Waals surface area (Å²) < 4.78 is 39.9. The van der Waals surface area contributed by atoms with E-state index in [1.807, 2.05) is 13.8 Å². The summed E-state index contributed by atoms with van der Waals surface area (Å²) >= 11 is 1.39. The molecule has 0 aliphatic heterocycles. The first-order valence-corrected chi connectivity index (χ1v) is 6.37. The number of aromatic nitrogens is 2. The van der Waals surface area contributed by atoms with Crippen LogP contribution in [0.15, 0.2) is 0 Å². The highest BCUT2D eigenvalue weighted by Gasteiger charge is 2.27.